The zero-order valence-electron chi connectivity index (χ0n) is 47.1. The van der Waals surface area contributed by atoms with E-state index in [0.29, 0.717) is 59.6 Å². The summed E-state index contributed by atoms with van der Waals surface area (Å²) < 4.78 is 0. The van der Waals surface area contributed by atoms with E-state index in [0.717, 1.165) is 99.3 Å². The van der Waals surface area contributed by atoms with Crippen LogP contribution in [0.5, 0.6) is 0 Å². The molecular formula is C68H70N8O8. The second-order valence-corrected chi connectivity index (χ2v) is 21.1. The molecular weight excluding hydrogens is 1060 g/mol. The molecule has 0 atom stereocenters. The Morgan fingerprint density at radius 1 is 0.262 bits per heavy atom. The highest BCUT2D eigenvalue weighted by molar-refractivity contribution is 6.02. The Hall–Kier alpha value is -9.80. The highest BCUT2D eigenvalue weighted by atomic mass is 16.2. The molecule has 0 saturated carbocycles. The largest absolute Gasteiger partial charge is 0.348 e. The predicted molar refractivity (Wildman–Crippen MR) is 325 cm³/mol. The molecule has 16 nitrogen and oxygen atoms in total. The van der Waals surface area contributed by atoms with Crippen molar-refractivity contribution < 1.29 is 38.4 Å². The SMILES string of the molecule is O=C1CCCCCCCCC(=O)Nc2ccc(cc2)CNC(=O)c2cc(C#CC#Cc3cc4cc(c3)C(=O)NCc3ccc(cc3)NC(=O)CCCCCCCCC(=O)Nc3ccc(cc3)CNC4=O)cc(c2)C(=O)NCc2ccc(cc2)N1. The van der Waals surface area contributed by atoms with Crippen LogP contribution in [0.15, 0.2) is 133 Å². The molecule has 8 amide bonds. The number of nitrogens with one attached hydrogen (secondary N) is 8. The molecule has 0 fully saturated rings. The summed E-state index contributed by atoms with van der Waals surface area (Å²) in [5.74, 6) is 9.40. The van der Waals surface area contributed by atoms with Crippen LogP contribution in [0, 0.1) is 23.7 Å². The van der Waals surface area contributed by atoms with Crippen molar-refractivity contribution in [3.8, 4) is 23.7 Å². The molecule has 0 spiro atoms. The summed E-state index contributed by atoms with van der Waals surface area (Å²) in [5, 5.41) is 23.4. The maximum atomic E-state index is 13.8. The van der Waals surface area contributed by atoms with Crippen molar-refractivity contribution in [2.24, 2.45) is 0 Å². The van der Waals surface area contributed by atoms with Gasteiger partial charge in [-0.25, -0.2) is 0 Å². The zero-order chi connectivity index (χ0) is 58.9. The fourth-order valence-corrected chi connectivity index (χ4v) is 9.54. The minimum Gasteiger partial charge on any atom is -0.348 e. The molecule has 0 radical (unpaired) electrons. The van der Waals surface area contributed by atoms with Gasteiger partial charge in [-0.05, 0) is 145 Å². The molecule has 0 aliphatic carbocycles. The summed E-state index contributed by atoms with van der Waals surface area (Å²) in [6.07, 6.45) is 12.3. The molecule has 8 heterocycles. The van der Waals surface area contributed by atoms with Crippen LogP contribution in [0.3, 0.4) is 0 Å². The molecule has 6 aromatic carbocycles. The summed E-state index contributed by atoms with van der Waals surface area (Å²) in [6, 6.07) is 38.0. The first-order chi connectivity index (χ1) is 40.9. The average Bonchev–Trinajstić information content (AvgIpc) is 3.71. The van der Waals surface area contributed by atoms with Crippen molar-refractivity contribution >= 4 is 70.0 Å². The summed E-state index contributed by atoms with van der Waals surface area (Å²) in [5.41, 5.74) is 7.00. The van der Waals surface area contributed by atoms with Gasteiger partial charge in [0.1, 0.15) is 0 Å². The van der Waals surface area contributed by atoms with Crippen molar-refractivity contribution in [2.75, 3.05) is 21.3 Å². The molecule has 0 unspecified atom stereocenters. The fourth-order valence-electron chi connectivity index (χ4n) is 9.54. The second kappa shape index (κ2) is 31.4. The molecule has 84 heavy (non-hydrogen) atoms. The minimum atomic E-state index is -0.466. The summed E-state index contributed by atoms with van der Waals surface area (Å²) in [7, 11) is 0. The molecule has 16 heteroatoms. The van der Waals surface area contributed by atoms with Gasteiger partial charge in [-0.2, -0.15) is 0 Å². The second-order valence-electron chi connectivity index (χ2n) is 21.1. The van der Waals surface area contributed by atoms with E-state index in [9.17, 15) is 38.4 Å². The average molecular weight is 1130 g/mol. The Bertz CT molecular complexity index is 3030. The smallest absolute Gasteiger partial charge is 0.251 e. The number of amides is 8. The monoisotopic (exact) mass is 1130 g/mol. The van der Waals surface area contributed by atoms with Crippen LogP contribution >= 0.6 is 0 Å². The maximum Gasteiger partial charge on any atom is 0.251 e. The highest BCUT2D eigenvalue weighted by Gasteiger charge is 2.17. The minimum absolute atomic E-state index is 0.0771. The maximum absolute atomic E-state index is 13.8. The van der Waals surface area contributed by atoms with E-state index in [2.05, 4.69) is 66.2 Å². The molecule has 8 aliphatic heterocycles. The van der Waals surface area contributed by atoms with Crippen LogP contribution in [0.25, 0.3) is 0 Å². The van der Waals surface area contributed by atoms with Gasteiger partial charge in [0.05, 0.1) is 0 Å². The lowest BCUT2D eigenvalue weighted by atomic mass is 10.0. The molecule has 12 bridgehead atoms. The van der Waals surface area contributed by atoms with E-state index in [1.54, 1.807) is 72.8 Å². The van der Waals surface area contributed by atoms with E-state index in [-0.39, 0.29) is 72.1 Å². The van der Waals surface area contributed by atoms with Crippen molar-refractivity contribution in [3.63, 3.8) is 0 Å². The van der Waals surface area contributed by atoms with Crippen LogP contribution in [0.2, 0.25) is 0 Å². The molecule has 14 rings (SSSR count). The third-order valence-electron chi connectivity index (χ3n) is 14.3. The van der Waals surface area contributed by atoms with Crippen molar-refractivity contribution in [3.05, 3.63) is 189 Å². The van der Waals surface area contributed by atoms with Gasteiger partial charge in [0, 0.05) is 108 Å². The lowest BCUT2D eigenvalue weighted by Crippen LogP contribution is -2.25. The van der Waals surface area contributed by atoms with Crippen LogP contribution in [0.4, 0.5) is 22.7 Å². The Labute approximate surface area is 490 Å². The molecule has 6 aromatic rings. The molecule has 8 aliphatic rings. The number of hydrogen-bond acceptors (Lipinski definition) is 8. The first kappa shape index (κ1) is 60.3. The Balaban J connectivity index is 1.02. The van der Waals surface area contributed by atoms with Gasteiger partial charge in [-0.1, -0.05) is 112 Å². The lowest BCUT2D eigenvalue weighted by molar-refractivity contribution is -0.117. The summed E-state index contributed by atoms with van der Waals surface area (Å²) >= 11 is 0. The van der Waals surface area contributed by atoms with Gasteiger partial charge in [0.25, 0.3) is 23.6 Å². The fraction of sp³-hybridized carbons (Fsp3) is 0.294. The van der Waals surface area contributed by atoms with Crippen LogP contribution < -0.4 is 42.5 Å². The van der Waals surface area contributed by atoms with Gasteiger partial charge >= 0.3 is 0 Å². The first-order valence-corrected chi connectivity index (χ1v) is 28.9. The quantitative estimate of drug-likeness (QED) is 0.0680. The lowest BCUT2D eigenvalue weighted by Gasteiger charge is -2.11. The Kier molecular flexibility index (Phi) is 22.6. The molecule has 0 aromatic heterocycles. The highest BCUT2D eigenvalue weighted by Crippen LogP contribution is 2.20. The van der Waals surface area contributed by atoms with E-state index in [4.69, 9.17) is 0 Å². The van der Waals surface area contributed by atoms with Gasteiger partial charge in [0.15, 0.2) is 0 Å². The van der Waals surface area contributed by atoms with Gasteiger partial charge in [-0.3, -0.25) is 38.4 Å². The predicted octanol–water partition coefficient (Wildman–Crippen LogP) is 10.8. The summed E-state index contributed by atoms with van der Waals surface area (Å²) in [6.45, 7) is 0.633. The zero-order valence-corrected chi connectivity index (χ0v) is 47.1. The van der Waals surface area contributed by atoms with Crippen molar-refractivity contribution in [1.29, 1.82) is 0 Å². The van der Waals surface area contributed by atoms with Crippen LogP contribution in [-0.4, -0.2) is 47.3 Å². The number of benzene rings is 6. The molecule has 430 valence electrons. The number of hydrogen-bond donors (Lipinski definition) is 8. The molecule has 8 N–H and O–H groups in total. The Morgan fingerprint density at radius 3 is 0.702 bits per heavy atom. The van der Waals surface area contributed by atoms with Gasteiger partial charge in [0.2, 0.25) is 23.6 Å². The van der Waals surface area contributed by atoms with Gasteiger partial charge < -0.3 is 42.5 Å². The van der Waals surface area contributed by atoms with Gasteiger partial charge in [-0.15, -0.1) is 0 Å². The first-order valence-electron chi connectivity index (χ1n) is 28.9. The third-order valence-corrected chi connectivity index (χ3v) is 14.3. The van der Waals surface area contributed by atoms with E-state index in [1.165, 1.54) is 12.1 Å². The van der Waals surface area contributed by atoms with E-state index < -0.39 is 23.6 Å². The Morgan fingerprint density at radius 2 is 0.476 bits per heavy atom. The van der Waals surface area contributed by atoms with E-state index >= 15 is 0 Å². The van der Waals surface area contributed by atoms with Crippen molar-refractivity contribution in [2.45, 2.75) is 129 Å². The normalized spacial score (nSPS) is 16.1. The standard InChI is InChI=1S/C68H70N8O8/c77-61-17-9-5-1-2-6-10-18-62(78)74-58-31-23-48(24-32-58)44-70-66(82)54-38-51(37-53(41-54)65(81)69-43-47-21-29-57(73-61)30-22-47)15-13-14-16-52-39-55-42-56(40-52)68(84)72-46-50-27-35-60(36-28-50)76-64(80)20-12-8-4-3-7-11-19-63(79)75-59-33-25-49(26-34-59)45-71-67(55)83/h21-42H,1-12,17-20,43-46H2,(H,69,81)(H,70,82)(H,71,83)(H,72,84)(H,73,77)(H,74,78)(H,75,79)(H,76,80). The number of rotatable bonds is 0. The number of anilines is 4. The third kappa shape index (κ3) is 20.0. The summed E-state index contributed by atoms with van der Waals surface area (Å²) in [4.78, 5) is 106. The van der Waals surface area contributed by atoms with Crippen LogP contribution in [-0.2, 0) is 45.4 Å². The number of carbonyl (C=O) groups is 8. The van der Waals surface area contributed by atoms with E-state index in [1.807, 2.05) is 48.5 Å². The topological polar surface area (TPSA) is 233 Å². The van der Waals surface area contributed by atoms with Crippen molar-refractivity contribution in [1.82, 2.24) is 21.3 Å². The number of carbonyl (C=O) groups excluding carboxylic acids is 8. The van der Waals surface area contributed by atoms with Crippen LogP contribution in [0.1, 0.15) is 178 Å². The molecule has 0 saturated heterocycles.